The van der Waals surface area contributed by atoms with Gasteiger partial charge in [0.05, 0.1) is 6.10 Å². The van der Waals surface area contributed by atoms with E-state index in [1.807, 2.05) is 0 Å². The van der Waals surface area contributed by atoms with Crippen molar-refractivity contribution in [2.24, 2.45) is 0 Å². The molecule has 0 rings (SSSR count). The van der Waals surface area contributed by atoms with Crippen LogP contribution in [0, 0.1) is 0 Å². The fraction of sp³-hybridized carbons (Fsp3) is 0.929. The second kappa shape index (κ2) is 12.7. The summed E-state index contributed by atoms with van der Waals surface area (Å²) in [6.07, 6.45) is 13.2. The summed E-state index contributed by atoms with van der Waals surface area (Å²) in [4.78, 5) is 10.1. The molecule has 0 radical (unpaired) electrons. The van der Waals surface area contributed by atoms with E-state index in [4.69, 9.17) is 0 Å². The van der Waals surface area contributed by atoms with E-state index in [1.54, 1.807) is 0 Å². The third-order valence-electron chi connectivity index (χ3n) is 3.01. The Morgan fingerprint density at radius 2 is 1.44 bits per heavy atom. The predicted octanol–water partition coefficient (Wildman–Crippen LogP) is 3.86. The van der Waals surface area contributed by atoms with Crippen molar-refractivity contribution >= 4 is 6.29 Å². The highest BCUT2D eigenvalue weighted by Gasteiger charge is 2.01. The van der Waals surface area contributed by atoms with Crippen molar-refractivity contribution in [3.63, 3.8) is 0 Å². The van der Waals surface area contributed by atoms with Crippen molar-refractivity contribution in [2.75, 3.05) is 0 Å². The zero-order valence-electron chi connectivity index (χ0n) is 10.8. The van der Waals surface area contributed by atoms with Crippen LogP contribution >= 0.6 is 0 Å². The van der Waals surface area contributed by atoms with Crippen molar-refractivity contribution < 1.29 is 9.90 Å². The van der Waals surface area contributed by atoms with Gasteiger partial charge in [0.1, 0.15) is 6.29 Å². The number of aliphatic hydroxyl groups is 1. The molecule has 0 aliphatic rings. The van der Waals surface area contributed by atoms with Crippen molar-refractivity contribution in [2.45, 2.75) is 83.7 Å². The zero-order chi connectivity index (χ0) is 12.1. The van der Waals surface area contributed by atoms with E-state index in [1.165, 1.54) is 51.4 Å². The number of rotatable bonds is 12. The number of aliphatic hydroxyl groups excluding tert-OH is 1. The molecule has 0 amide bonds. The highest BCUT2D eigenvalue weighted by atomic mass is 16.3. The van der Waals surface area contributed by atoms with Crippen molar-refractivity contribution in [1.29, 1.82) is 0 Å². The lowest BCUT2D eigenvalue weighted by atomic mass is 10.0. The minimum atomic E-state index is -0.401. The number of hydrogen-bond acceptors (Lipinski definition) is 2. The topological polar surface area (TPSA) is 37.3 Å². The SMILES string of the molecule is CCCCCCCCCCC[C@H](O)CC=O. The van der Waals surface area contributed by atoms with Gasteiger partial charge >= 0.3 is 0 Å². The highest BCUT2D eigenvalue weighted by Crippen LogP contribution is 2.11. The van der Waals surface area contributed by atoms with Gasteiger partial charge in [-0.2, -0.15) is 0 Å². The first-order valence-corrected chi connectivity index (χ1v) is 6.93. The molecule has 0 aromatic carbocycles. The normalized spacial score (nSPS) is 12.6. The minimum absolute atomic E-state index is 0.303. The molecule has 0 fully saturated rings. The standard InChI is InChI=1S/C14H28O2/c1-2-3-4-5-6-7-8-9-10-11-14(16)12-13-15/h13-14,16H,2-12H2,1H3/t14-/m0/s1. The van der Waals surface area contributed by atoms with E-state index in [0.29, 0.717) is 6.42 Å². The second-order valence-corrected chi connectivity index (χ2v) is 4.67. The number of carbonyl (C=O) groups excluding carboxylic acids is 1. The Morgan fingerprint density at radius 1 is 0.938 bits per heavy atom. The monoisotopic (exact) mass is 228 g/mol. The first-order chi connectivity index (χ1) is 7.81. The summed E-state index contributed by atoms with van der Waals surface area (Å²) < 4.78 is 0. The average molecular weight is 228 g/mol. The van der Waals surface area contributed by atoms with Crippen molar-refractivity contribution in [3.8, 4) is 0 Å². The van der Waals surface area contributed by atoms with Crippen LogP contribution in [-0.4, -0.2) is 17.5 Å². The van der Waals surface area contributed by atoms with Crippen LogP contribution in [-0.2, 0) is 4.79 Å². The molecule has 2 heteroatoms. The Morgan fingerprint density at radius 3 is 1.94 bits per heavy atom. The Balaban J connectivity index is 3.00. The second-order valence-electron chi connectivity index (χ2n) is 4.67. The van der Waals surface area contributed by atoms with E-state index in [0.717, 1.165) is 19.1 Å². The Labute approximate surface area is 100 Å². The van der Waals surface area contributed by atoms with Gasteiger partial charge in [0.15, 0.2) is 0 Å². The predicted molar refractivity (Wildman–Crippen MR) is 68.5 cm³/mol. The molecule has 0 bridgehead atoms. The summed E-state index contributed by atoms with van der Waals surface area (Å²) in [5.74, 6) is 0. The fourth-order valence-electron chi connectivity index (χ4n) is 1.92. The van der Waals surface area contributed by atoms with Gasteiger partial charge in [-0.1, -0.05) is 64.7 Å². The van der Waals surface area contributed by atoms with Crippen LogP contribution in [0.25, 0.3) is 0 Å². The molecular formula is C14H28O2. The van der Waals surface area contributed by atoms with Gasteiger partial charge in [-0.15, -0.1) is 0 Å². The third-order valence-corrected chi connectivity index (χ3v) is 3.01. The zero-order valence-corrected chi connectivity index (χ0v) is 10.8. The average Bonchev–Trinajstić information content (AvgIpc) is 2.27. The third kappa shape index (κ3) is 11.7. The summed E-state index contributed by atoms with van der Waals surface area (Å²) in [5, 5.41) is 9.32. The lowest BCUT2D eigenvalue weighted by molar-refractivity contribution is -0.109. The number of carbonyl (C=O) groups is 1. The molecule has 0 unspecified atom stereocenters. The van der Waals surface area contributed by atoms with Crippen LogP contribution in [0.4, 0.5) is 0 Å². The first-order valence-electron chi connectivity index (χ1n) is 6.93. The van der Waals surface area contributed by atoms with Gasteiger partial charge in [0, 0.05) is 6.42 Å². The van der Waals surface area contributed by atoms with E-state index in [2.05, 4.69) is 6.92 Å². The number of aldehydes is 1. The highest BCUT2D eigenvalue weighted by molar-refractivity contribution is 5.49. The first kappa shape index (κ1) is 15.6. The van der Waals surface area contributed by atoms with Crippen LogP contribution in [0.2, 0.25) is 0 Å². The van der Waals surface area contributed by atoms with Gasteiger partial charge in [0.2, 0.25) is 0 Å². The number of unbranched alkanes of at least 4 members (excludes halogenated alkanes) is 8. The Kier molecular flexibility index (Phi) is 12.4. The summed E-state index contributed by atoms with van der Waals surface area (Å²) in [6.45, 7) is 2.24. The molecule has 2 nitrogen and oxygen atoms in total. The Bertz CT molecular complexity index is 146. The van der Waals surface area contributed by atoms with Gasteiger partial charge in [-0.05, 0) is 6.42 Å². The molecule has 16 heavy (non-hydrogen) atoms. The van der Waals surface area contributed by atoms with Gasteiger partial charge in [-0.25, -0.2) is 0 Å². The van der Waals surface area contributed by atoms with Crippen LogP contribution < -0.4 is 0 Å². The van der Waals surface area contributed by atoms with Gasteiger partial charge < -0.3 is 9.90 Å². The molecule has 0 aromatic heterocycles. The Hall–Kier alpha value is -0.370. The smallest absolute Gasteiger partial charge is 0.122 e. The van der Waals surface area contributed by atoms with Crippen molar-refractivity contribution in [3.05, 3.63) is 0 Å². The van der Waals surface area contributed by atoms with E-state index in [9.17, 15) is 9.90 Å². The maximum Gasteiger partial charge on any atom is 0.122 e. The summed E-state index contributed by atoms with van der Waals surface area (Å²) in [6, 6.07) is 0. The van der Waals surface area contributed by atoms with E-state index < -0.39 is 6.10 Å². The summed E-state index contributed by atoms with van der Waals surface area (Å²) in [5.41, 5.74) is 0. The summed E-state index contributed by atoms with van der Waals surface area (Å²) in [7, 11) is 0. The quantitative estimate of drug-likeness (QED) is 0.407. The van der Waals surface area contributed by atoms with E-state index >= 15 is 0 Å². The molecule has 0 aliphatic heterocycles. The molecule has 0 heterocycles. The molecule has 0 saturated heterocycles. The molecule has 96 valence electrons. The van der Waals surface area contributed by atoms with Gasteiger partial charge in [0.25, 0.3) is 0 Å². The molecule has 1 N–H and O–H groups in total. The van der Waals surface area contributed by atoms with Crippen LogP contribution in [0.5, 0.6) is 0 Å². The molecular weight excluding hydrogens is 200 g/mol. The lowest BCUT2D eigenvalue weighted by Crippen LogP contribution is -2.06. The minimum Gasteiger partial charge on any atom is -0.393 e. The molecule has 0 spiro atoms. The van der Waals surface area contributed by atoms with Gasteiger partial charge in [-0.3, -0.25) is 0 Å². The maximum absolute atomic E-state index is 10.1. The molecule has 0 aliphatic carbocycles. The van der Waals surface area contributed by atoms with Crippen LogP contribution in [0.3, 0.4) is 0 Å². The van der Waals surface area contributed by atoms with Crippen LogP contribution in [0.15, 0.2) is 0 Å². The summed E-state index contributed by atoms with van der Waals surface area (Å²) >= 11 is 0. The molecule has 0 saturated carbocycles. The fourth-order valence-corrected chi connectivity index (χ4v) is 1.92. The largest absolute Gasteiger partial charge is 0.393 e. The molecule has 1 atom stereocenters. The van der Waals surface area contributed by atoms with Crippen molar-refractivity contribution in [1.82, 2.24) is 0 Å². The molecule has 0 aromatic rings. The number of hydrogen-bond donors (Lipinski definition) is 1. The maximum atomic E-state index is 10.1. The van der Waals surface area contributed by atoms with E-state index in [-0.39, 0.29) is 0 Å². The van der Waals surface area contributed by atoms with Crippen LogP contribution in [0.1, 0.15) is 77.6 Å². The lowest BCUT2D eigenvalue weighted by Gasteiger charge is -2.06.